The monoisotopic (exact) mass is 688 g/mol. The van der Waals surface area contributed by atoms with E-state index in [1.807, 2.05) is 0 Å². The standard InChI is InChI=1S/C29H52N2OSi.2BrH.Ni/c1-22(30-28-18-9-14-23-12-5-7-16-25(23)28)27(20-11-21-32-33(2,3)4)31-29-19-10-15-24-13-6-8-17-26(24)29;;;/h23-26,28-29H,5-21H2,1-4H3;2*1H;/q;;;+2/p-2. The van der Waals surface area contributed by atoms with Crippen LogP contribution in [0.5, 0.6) is 0 Å². The predicted octanol–water partition coefficient (Wildman–Crippen LogP) is 9.93. The van der Waals surface area contributed by atoms with Crippen molar-refractivity contribution in [2.75, 3.05) is 6.61 Å². The van der Waals surface area contributed by atoms with Crippen LogP contribution in [0.2, 0.25) is 19.6 Å². The van der Waals surface area contributed by atoms with Gasteiger partial charge in [0.05, 0.1) is 23.5 Å². The molecule has 0 N–H and O–H groups in total. The average Bonchev–Trinajstić information content (AvgIpc) is 2.86. The van der Waals surface area contributed by atoms with E-state index in [9.17, 15) is 0 Å². The number of rotatable bonds is 8. The molecule has 4 aliphatic carbocycles. The molecule has 0 aromatic heterocycles. The molecule has 0 aromatic rings. The molecule has 0 bridgehead atoms. The SMILES string of the molecule is CC(=NC1CCCC2CCCCC21)C(CCCO[Si](C)(C)C)=NC1CCCC2CCCCC21.[Br][Ni][Br]. The number of hydrogen-bond acceptors (Lipinski definition) is 3. The maximum atomic E-state index is 6.20. The van der Waals surface area contributed by atoms with Crippen molar-refractivity contribution < 1.29 is 15.3 Å². The molecule has 0 heterocycles. The number of aliphatic imine (C=N–C) groups is 2. The molecular formula is C29H52Br2N2NiOSi. The fraction of sp³-hybridized carbons (Fsp3) is 0.931. The third-order valence-corrected chi connectivity index (χ3v) is 10.3. The first-order valence-corrected chi connectivity index (χ1v) is 23.2. The van der Waals surface area contributed by atoms with E-state index < -0.39 is 8.32 Å². The van der Waals surface area contributed by atoms with Crippen LogP contribution in [0.3, 0.4) is 0 Å². The molecule has 4 aliphatic rings. The summed E-state index contributed by atoms with van der Waals surface area (Å²) in [7, 11) is -0.197. The second-order valence-corrected chi connectivity index (χ2v) is 22.3. The zero-order valence-electron chi connectivity index (χ0n) is 23.4. The van der Waals surface area contributed by atoms with Gasteiger partial charge < -0.3 is 4.43 Å². The van der Waals surface area contributed by atoms with Gasteiger partial charge in [0.15, 0.2) is 8.32 Å². The Bertz CT molecular complexity index is 710. The third-order valence-electron chi connectivity index (χ3n) is 9.27. The molecule has 6 unspecified atom stereocenters. The number of nitrogens with zero attached hydrogens (tertiary/aromatic N) is 2. The molecule has 0 spiro atoms. The van der Waals surface area contributed by atoms with Gasteiger partial charge in [0.1, 0.15) is 0 Å². The first kappa shape index (κ1) is 31.5. The topological polar surface area (TPSA) is 34.0 Å². The van der Waals surface area contributed by atoms with E-state index in [1.54, 1.807) is 0 Å². The minimum atomic E-state index is -1.45. The second kappa shape index (κ2) is 16.3. The van der Waals surface area contributed by atoms with Crippen molar-refractivity contribution in [3.63, 3.8) is 0 Å². The van der Waals surface area contributed by atoms with Crippen molar-refractivity contribution in [1.82, 2.24) is 0 Å². The Morgan fingerprint density at radius 3 is 1.75 bits per heavy atom. The molecule has 0 aromatic carbocycles. The molecule has 0 saturated heterocycles. The molecule has 3 nitrogen and oxygen atoms in total. The van der Waals surface area contributed by atoms with E-state index in [2.05, 4.69) is 55.0 Å². The fourth-order valence-corrected chi connectivity index (χ4v) is 8.37. The maximum absolute atomic E-state index is 6.20. The van der Waals surface area contributed by atoms with E-state index in [0.717, 1.165) is 43.1 Å². The zero-order valence-corrected chi connectivity index (χ0v) is 28.5. The van der Waals surface area contributed by atoms with Crippen LogP contribution in [-0.4, -0.2) is 38.4 Å². The molecule has 0 radical (unpaired) electrons. The number of fused-ring (bicyclic) bond motifs is 2. The van der Waals surface area contributed by atoms with Crippen LogP contribution in [0.4, 0.5) is 0 Å². The first-order chi connectivity index (χ1) is 17.3. The fourth-order valence-electron chi connectivity index (χ4n) is 7.61. The van der Waals surface area contributed by atoms with Crippen LogP contribution < -0.4 is 0 Å². The van der Waals surface area contributed by atoms with Crippen LogP contribution in [-0.2, 0) is 15.3 Å². The van der Waals surface area contributed by atoms with Gasteiger partial charge in [-0.05, 0) is 88.8 Å². The Balaban J connectivity index is 0.00000115. The third kappa shape index (κ3) is 10.2. The summed E-state index contributed by atoms with van der Waals surface area (Å²) >= 11 is 6.00. The van der Waals surface area contributed by atoms with Crippen LogP contribution in [0, 0.1) is 23.7 Å². The summed E-state index contributed by atoms with van der Waals surface area (Å²) in [5, 5.41) is 0. The Kier molecular flexibility index (Phi) is 14.2. The average molecular weight is 691 g/mol. The predicted molar refractivity (Wildman–Crippen MR) is 163 cm³/mol. The van der Waals surface area contributed by atoms with Gasteiger partial charge in [-0.25, -0.2) is 0 Å². The van der Waals surface area contributed by atoms with Crippen LogP contribution in [0.15, 0.2) is 9.98 Å². The molecule has 212 valence electrons. The number of halogens is 2. The molecule has 0 amide bonds. The van der Waals surface area contributed by atoms with Gasteiger partial charge >= 0.3 is 39.3 Å². The second-order valence-electron chi connectivity index (χ2n) is 12.8. The summed E-state index contributed by atoms with van der Waals surface area (Å²) in [5.41, 5.74) is 2.61. The summed E-state index contributed by atoms with van der Waals surface area (Å²) < 4.78 is 6.20. The van der Waals surface area contributed by atoms with Gasteiger partial charge in [-0.15, -0.1) is 0 Å². The van der Waals surface area contributed by atoms with E-state index >= 15 is 0 Å². The summed E-state index contributed by atoms with van der Waals surface area (Å²) in [6, 6.07) is 1.11. The van der Waals surface area contributed by atoms with Crippen molar-refractivity contribution in [3.8, 4) is 0 Å². The van der Waals surface area contributed by atoms with Gasteiger partial charge in [-0.2, -0.15) is 0 Å². The van der Waals surface area contributed by atoms with E-state index in [4.69, 9.17) is 14.4 Å². The van der Waals surface area contributed by atoms with Gasteiger partial charge in [0, 0.05) is 6.61 Å². The van der Waals surface area contributed by atoms with Crippen LogP contribution in [0.1, 0.15) is 110 Å². The summed E-state index contributed by atoms with van der Waals surface area (Å²) in [6.07, 6.45) is 21.9. The van der Waals surface area contributed by atoms with E-state index in [0.29, 0.717) is 12.1 Å². The zero-order chi connectivity index (χ0) is 26.0. The molecular weight excluding hydrogens is 639 g/mol. The van der Waals surface area contributed by atoms with Crippen LogP contribution in [0.25, 0.3) is 0 Å². The normalized spacial score (nSPS) is 33.8. The van der Waals surface area contributed by atoms with Crippen molar-refractivity contribution in [1.29, 1.82) is 0 Å². The Hall–Kier alpha value is 0.970. The molecule has 4 fully saturated rings. The molecule has 36 heavy (non-hydrogen) atoms. The summed E-state index contributed by atoms with van der Waals surface area (Å²) in [4.78, 5) is 11.0. The van der Waals surface area contributed by atoms with Crippen molar-refractivity contribution >= 4 is 48.2 Å². The molecule has 4 rings (SSSR count). The Labute approximate surface area is 243 Å². The van der Waals surface area contributed by atoms with Gasteiger partial charge in [-0.1, -0.05) is 64.2 Å². The van der Waals surface area contributed by atoms with E-state index in [-0.39, 0.29) is 0 Å². The van der Waals surface area contributed by atoms with Crippen molar-refractivity contribution in [2.45, 2.75) is 141 Å². The molecule has 6 atom stereocenters. The molecule has 0 aliphatic heterocycles. The van der Waals surface area contributed by atoms with Gasteiger partial charge in [0.2, 0.25) is 0 Å². The van der Waals surface area contributed by atoms with Crippen molar-refractivity contribution in [2.24, 2.45) is 33.7 Å². The van der Waals surface area contributed by atoms with Gasteiger partial charge in [0.25, 0.3) is 0 Å². The molecule has 7 heteroatoms. The number of hydrogen-bond donors (Lipinski definition) is 0. The van der Waals surface area contributed by atoms with E-state index in [1.165, 1.54) is 112 Å². The first-order valence-electron chi connectivity index (χ1n) is 14.9. The Morgan fingerprint density at radius 1 is 0.750 bits per heavy atom. The summed E-state index contributed by atoms with van der Waals surface area (Å²) in [6.45, 7) is 10.1. The quantitative estimate of drug-likeness (QED) is 0.142. The Morgan fingerprint density at radius 2 is 1.22 bits per heavy atom. The van der Waals surface area contributed by atoms with Crippen LogP contribution >= 0.6 is 28.5 Å². The van der Waals surface area contributed by atoms with Crippen molar-refractivity contribution in [3.05, 3.63) is 0 Å². The molecule has 4 saturated carbocycles. The minimum absolute atomic E-state index is 0.552. The van der Waals surface area contributed by atoms with Gasteiger partial charge in [-0.3, -0.25) is 9.98 Å². The summed E-state index contributed by atoms with van der Waals surface area (Å²) in [5.74, 6) is 3.57.